The third-order valence-corrected chi connectivity index (χ3v) is 8.28. The summed E-state index contributed by atoms with van der Waals surface area (Å²) in [4.78, 5) is 2.21. The van der Waals surface area contributed by atoms with E-state index in [1.807, 2.05) is 36.4 Å². The van der Waals surface area contributed by atoms with Crippen LogP contribution < -0.4 is 0 Å². The molecule has 3 nitrogen and oxygen atoms in total. The van der Waals surface area contributed by atoms with Crippen LogP contribution in [-0.4, -0.2) is 32.2 Å². The van der Waals surface area contributed by atoms with Crippen molar-refractivity contribution in [2.45, 2.75) is 30.7 Å². The van der Waals surface area contributed by atoms with Crippen LogP contribution in [0.1, 0.15) is 24.5 Å². The van der Waals surface area contributed by atoms with E-state index in [1.54, 1.807) is 0 Å². The van der Waals surface area contributed by atoms with Crippen LogP contribution in [0, 0.1) is 5.92 Å². The summed E-state index contributed by atoms with van der Waals surface area (Å²) in [5.74, 6) is -3.13. The molecule has 7 heteroatoms. The van der Waals surface area contributed by atoms with Gasteiger partial charge in [0, 0.05) is 36.2 Å². The zero-order chi connectivity index (χ0) is 23.6. The Balaban J connectivity index is 1.37. The maximum Gasteiger partial charge on any atom is 0.270 e. The lowest BCUT2D eigenvalue weighted by Crippen LogP contribution is -2.23. The van der Waals surface area contributed by atoms with Crippen LogP contribution in [0.25, 0.3) is 11.1 Å². The fraction of sp³-hybridized carbons (Fsp3) is 0.308. The average molecular weight is 490 g/mol. The van der Waals surface area contributed by atoms with Crippen LogP contribution in [0.5, 0.6) is 0 Å². The molecule has 0 radical (unpaired) electrons. The summed E-state index contributed by atoms with van der Waals surface area (Å²) in [5, 5.41) is 0.710. The van der Waals surface area contributed by atoms with E-state index in [1.165, 1.54) is 18.2 Å². The number of likely N-dealkylation sites (tertiary alicyclic amines) is 1. The molecule has 0 saturated carbocycles. The van der Waals surface area contributed by atoms with E-state index >= 15 is 0 Å². The molecule has 4 rings (SSSR count). The standard InChI is InChI=1S/C26H26ClF2NO2S/c1-26(28,29)22-5-4-6-23(15-22)33(31,32)18-20-13-14-30(17-20)16-19-9-11-21(12-10-19)24-7-2-3-8-25(24)27/h2-12,15,20H,13-14,16-18H2,1H3/t20-/m1/s1. The number of nitrogens with zero attached hydrogens (tertiary/aromatic N) is 1. The quantitative estimate of drug-likeness (QED) is 0.384. The van der Waals surface area contributed by atoms with Gasteiger partial charge >= 0.3 is 0 Å². The van der Waals surface area contributed by atoms with Crippen molar-refractivity contribution in [3.05, 3.63) is 88.9 Å². The lowest BCUT2D eigenvalue weighted by Gasteiger charge is -2.17. The van der Waals surface area contributed by atoms with Crippen LogP contribution >= 0.6 is 11.6 Å². The third kappa shape index (κ3) is 5.81. The first-order chi connectivity index (χ1) is 15.6. The second kappa shape index (κ2) is 9.53. The van der Waals surface area contributed by atoms with Crippen LogP contribution in [0.15, 0.2) is 77.7 Å². The molecule has 3 aromatic rings. The van der Waals surface area contributed by atoms with Crippen LogP contribution in [0.2, 0.25) is 5.02 Å². The van der Waals surface area contributed by atoms with Crippen LogP contribution in [0.4, 0.5) is 8.78 Å². The first kappa shape index (κ1) is 23.9. The Morgan fingerprint density at radius 2 is 1.76 bits per heavy atom. The maximum absolute atomic E-state index is 13.6. The van der Waals surface area contributed by atoms with Crippen LogP contribution in [-0.2, 0) is 22.3 Å². The molecule has 0 aliphatic carbocycles. The molecule has 1 aliphatic rings. The molecule has 0 N–H and O–H groups in total. The van der Waals surface area contributed by atoms with Gasteiger partial charge in [-0.2, -0.15) is 0 Å². The Morgan fingerprint density at radius 3 is 2.45 bits per heavy atom. The molecule has 1 heterocycles. The van der Waals surface area contributed by atoms with Crippen molar-refractivity contribution in [2.24, 2.45) is 5.92 Å². The molecule has 0 spiro atoms. The average Bonchev–Trinajstić information content (AvgIpc) is 3.20. The minimum atomic E-state index is -3.64. The van der Waals surface area contributed by atoms with E-state index in [-0.39, 0.29) is 22.1 Å². The minimum Gasteiger partial charge on any atom is -0.299 e. The van der Waals surface area contributed by atoms with E-state index in [0.29, 0.717) is 11.6 Å². The van der Waals surface area contributed by atoms with E-state index < -0.39 is 15.8 Å². The molecule has 0 aromatic heterocycles. The Kier molecular flexibility index (Phi) is 6.89. The van der Waals surface area contributed by atoms with Gasteiger partial charge in [-0.05, 0) is 48.2 Å². The number of hydrogen-bond acceptors (Lipinski definition) is 3. The first-order valence-electron chi connectivity index (χ1n) is 10.9. The molecule has 1 atom stereocenters. The van der Waals surface area contributed by atoms with Gasteiger partial charge in [-0.3, -0.25) is 4.90 Å². The zero-order valence-corrected chi connectivity index (χ0v) is 19.9. The van der Waals surface area contributed by atoms with Gasteiger partial charge in [0.25, 0.3) is 5.92 Å². The lowest BCUT2D eigenvalue weighted by atomic mass is 10.0. The summed E-state index contributed by atoms with van der Waals surface area (Å²) in [5.41, 5.74) is 2.90. The lowest BCUT2D eigenvalue weighted by molar-refractivity contribution is 0.0172. The second-order valence-electron chi connectivity index (χ2n) is 8.76. The number of sulfone groups is 1. The summed E-state index contributed by atoms with van der Waals surface area (Å²) in [7, 11) is -3.64. The monoisotopic (exact) mass is 489 g/mol. The highest BCUT2D eigenvalue weighted by Crippen LogP contribution is 2.31. The zero-order valence-electron chi connectivity index (χ0n) is 18.3. The predicted octanol–water partition coefficient (Wildman–Crippen LogP) is 6.41. The first-order valence-corrected chi connectivity index (χ1v) is 12.9. The van der Waals surface area contributed by atoms with Crippen molar-refractivity contribution >= 4 is 21.4 Å². The normalized spacial score (nSPS) is 17.4. The number of alkyl halides is 2. The Bertz CT molecular complexity index is 1220. The van der Waals surface area contributed by atoms with Gasteiger partial charge in [-0.15, -0.1) is 0 Å². The smallest absolute Gasteiger partial charge is 0.270 e. The highest BCUT2D eigenvalue weighted by molar-refractivity contribution is 7.91. The molecule has 0 bridgehead atoms. The molecule has 3 aromatic carbocycles. The second-order valence-corrected chi connectivity index (χ2v) is 11.2. The van der Waals surface area contributed by atoms with Crippen molar-refractivity contribution < 1.29 is 17.2 Å². The highest BCUT2D eigenvalue weighted by Gasteiger charge is 2.30. The number of hydrogen-bond donors (Lipinski definition) is 0. The van der Waals surface area contributed by atoms with Gasteiger partial charge in [0.15, 0.2) is 9.84 Å². The summed E-state index contributed by atoms with van der Waals surface area (Å²) < 4.78 is 53.0. The van der Waals surface area contributed by atoms with Crippen molar-refractivity contribution in [1.82, 2.24) is 4.90 Å². The molecule has 33 heavy (non-hydrogen) atoms. The van der Waals surface area contributed by atoms with Gasteiger partial charge in [0.2, 0.25) is 0 Å². The van der Waals surface area contributed by atoms with Crippen LogP contribution in [0.3, 0.4) is 0 Å². The molecule has 0 unspecified atom stereocenters. The summed E-state index contributed by atoms with van der Waals surface area (Å²) >= 11 is 6.29. The minimum absolute atomic E-state index is 0.0248. The van der Waals surface area contributed by atoms with Gasteiger partial charge in [0.05, 0.1) is 10.6 Å². The third-order valence-electron chi connectivity index (χ3n) is 6.07. The molecule has 1 saturated heterocycles. The molecule has 0 amide bonds. The fourth-order valence-electron chi connectivity index (χ4n) is 4.30. The predicted molar refractivity (Wildman–Crippen MR) is 128 cm³/mol. The Morgan fingerprint density at radius 1 is 1.03 bits per heavy atom. The van der Waals surface area contributed by atoms with Gasteiger partial charge in [-0.25, -0.2) is 17.2 Å². The maximum atomic E-state index is 13.6. The largest absolute Gasteiger partial charge is 0.299 e. The van der Waals surface area contributed by atoms with E-state index in [4.69, 9.17) is 11.6 Å². The fourth-order valence-corrected chi connectivity index (χ4v) is 6.23. The van der Waals surface area contributed by atoms with Crippen molar-refractivity contribution in [1.29, 1.82) is 0 Å². The van der Waals surface area contributed by atoms with Gasteiger partial charge < -0.3 is 0 Å². The Labute approximate surface area is 198 Å². The highest BCUT2D eigenvalue weighted by atomic mass is 35.5. The topological polar surface area (TPSA) is 37.4 Å². The van der Waals surface area contributed by atoms with E-state index in [9.17, 15) is 17.2 Å². The summed E-state index contributed by atoms with van der Waals surface area (Å²) in [6.07, 6.45) is 0.764. The number of halogens is 3. The SMILES string of the molecule is CC(F)(F)c1cccc(S(=O)(=O)C[C@@H]2CCN(Cc3ccc(-c4ccccc4Cl)cc3)C2)c1. The molecular formula is C26H26ClF2NO2S. The van der Waals surface area contributed by atoms with E-state index in [2.05, 4.69) is 17.0 Å². The van der Waals surface area contributed by atoms with Crippen molar-refractivity contribution in [2.75, 3.05) is 18.8 Å². The molecule has 1 fully saturated rings. The molecule has 1 aliphatic heterocycles. The van der Waals surface area contributed by atoms with Crippen molar-refractivity contribution in [3.63, 3.8) is 0 Å². The van der Waals surface area contributed by atoms with Crippen molar-refractivity contribution in [3.8, 4) is 11.1 Å². The Hall–Kier alpha value is -2.28. The summed E-state index contributed by atoms with van der Waals surface area (Å²) in [6, 6.07) is 21.1. The number of benzene rings is 3. The molecular weight excluding hydrogens is 464 g/mol. The van der Waals surface area contributed by atoms with Gasteiger partial charge in [-0.1, -0.05) is 66.2 Å². The molecule has 174 valence electrons. The summed E-state index contributed by atoms with van der Waals surface area (Å²) in [6.45, 7) is 2.97. The van der Waals surface area contributed by atoms with E-state index in [0.717, 1.165) is 49.2 Å². The van der Waals surface area contributed by atoms with Gasteiger partial charge in [0.1, 0.15) is 0 Å². The number of rotatable bonds is 7.